The first-order valence-corrected chi connectivity index (χ1v) is 10.2. The Balaban J connectivity index is 1.67. The van der Waals surface area contributed by atoms with E-state index in [9.17, 15) is 14.4 Å². The lowest BCUT2D eigenvalue weighted by Gasteiger charge is -2.11. The molecule has 0 aromatic heterocycles. The van der Waals surface area contributed by atoms with Crippen LogP contribution in [0.15, 0.2) is 60.7 Å². The number of ether oxygens (including phenoxy) is 1. The molecule has 32 heavy (non-hydrogen) atoms. The number of carbonyl (C=O) groups excluding carboxylic acids is 3. The molecule has 0 heterocycles. The first-order valence-electron chi connectivity index (χ1n) is 9.09. The Morgan fingerprint density at radius 2 is 1.44 bits per heavy atom. The van der Waals surface area contributed by atoms with Crippen LogP contribution in [0, 0.1) is 0 Å². The van der Waals surface area contributed by atoms with Crippen molar-refractivity contribution in [2.24, 2.45) is 0 Å². The summed E-state index contributed by atoms with van der Waals surface area (Å²) in [6.07, 6.45) is 0. The van der Waals surface area contributed by atoms with Crippen LogP contribution in [0.4, 0.5) is 5.69 Å². The molecule has 7 nitrogen and oxygen atoms in total. The van der Waals surface area contributed by atoms with E-state index in [1.807, 2.05) is 0 Å². The number of hydrogen-bond acceptors (Lipinski definition) is 4. The van der Waals surface area contributed by atoms with E-state index in [1.54, 1.807) is 24.3 Å². The summed E-state index contributed by atoms with van der Waals surface area (Å²) >= 11 is 17.8. The van der Waals surface area contributed by atoms with Gasteiger partial charge in [0.2, 0.25) is 0 Å². The van der Waals surface area contributed by atoms with Crippen molar-refractivity contribution in [1.29, 1.82) is 0 Å². The molecule has 10 heteroatoms. The second-order valence-corrected chi connectivity index (χ2v) is 7.69. The first-order chi connectivity index (χ1) is 15.3. The summed E-state index contributed by atoms with van der Waals surface area (Å²) < 4.78 is 5.19. The smallest absolute Gasteiger partial charge is 0.271 e. The molecule has 164 valence electrons. The fraction of sp³-hybridized carbons (Fsp3) is 0.0455. The molecule has 0 spiro atoms. The zero-order chi connectivity index (χ0) is 23.3. The van der Waals surface area contributed by atoms with E-state index < -0.39 is 17.7 Å². The van der Waals surface area contributed by atoms with Gasteiger partial charge in [0.15, 0.2) is 0 Å². The Labute approximate surface area is 198 Å². The number of hydrogen-bond donors (Lipinski definition) is 3. The third-order valence-corrected chi connectivity index (χ3v) is 5.04. The number of anilines is 1. The molecule has 0 aliphatic rings. The van der Waals surface area contributed by atoms with Gasteiger partial charge < -0.3 is 10.1 Å². The van der Waals surface area contributed by atoms with Gasteiger partial charge in [0, 0.05) is 21.3 Å². The lowest BCUT2D eigenvalue weighted by Crippen LogP contribution is -2.41. The van der Waals surface area contributed by atoms with Crippen molar-refractivity contribution in [1.82, 2.24) is 10.9 Å². The molecule has 0 unspecified atom stereocenters. The average Bonchev–Trinajstić information content (AvgIpc) is 2.77. The van der Waals surface area contributed by atoms with Crippen LogP contribution in [0.3, 0.4) is 0 Å². The molecule has 0 aliphatic heterocycles. The largest absolute Gasteiger partial charge is 0.496 e. The van der Waals surface area contributed by atoms with E-state index in [-0.39, 0.29) is 21.7 Å². The van der Waals surface area contributed by atoms with Gasteiger partial charge in [0.25, 0.3) is 17.7 Å². The van der Waals surface area contributed by atoms with E-state index >= 15 is 0 Å². The number of hydrazine groups is 1. The Morgan fingerprint density at radius 1 is 0.750 bits per heavy atom. The molecule has 0 bridgehead atoms. The van der Waals surface area contributed by atoms with Crippen molar-refractivity contribution in [3.8, 4) is 5.75 Å². The fourth-order valence-corrected chi connectivity index (χ4v) is 3.39. The highest BCUT2D eigenvalue weighted by Crippen LogP contribution is 2.24. The summed E-state index contributed by atoms with van der Waals surface area (Å²) in [4.78, 5) is 37.3. The van der Waals surface area contributed by atoms with Gasteiger partial charge in [-0.1, -0.05) is 40.9 Å². The lowest BCUT2D eigenvalue weighted by molar-refractivity contribution is 0.0847. The van der Waals surface area contributed by atoms with Gasteiger partial charge in [-0.25, -0.2) is 0 Å². The van der Waals surface area contributed by atoms with Gasteiger partial charge in [-0.2, -0.15) is 0 Å². The number of rotatable bonds is 5. The van der Waals surface area contributed by atoms with E-state index in [4.69, 9.17) is 39.5 Å². The van der Waals surface area contributed by atoms with Crippen molar-refractivity contribution in [3.63, 3.8) is 0 Å². The SMILES string of the molecule is COc1ccc(Cl)cc1C(=O)Nc1cccc(C(=O)NNC(=O)c2ccc(Cl)cc2Cl)c1. The Hall–Kier alpha value is -3.26. The number of methoxy groups -OCH3 is 1. The van der Waals surface area contributed by atoms with Crippen LogP contribution in [0.2, 0.25) is 15.1 Å². The molecule has 0 aliphatic carbocycles. The van der Waals surface area contributed by atoms with Gasteiger partial charge in [-0.3, -0.25) is 25.2 Å². The zero-order valence-electron chi connectivity index (χ0n) is 16.5. The molecule has 0 saturated heterocycles. The van der Waals surface area contributed by atoms with Crippen LogP contribution in [0.5, 0.6) is 5.75 Å². The van der Waals surface area contributed by atoms with E-state index in [2.05, 4.69) is 16.2 Å². The summed E-state index contributed by atoms with van der Waals surface area (Å²) in [6, 6.07) is 15.2. The van der Waals surface area contributed by atoms with E-state index in [0.29, 0.717) is 21.5 Å². The summed E-state index contributed by atoms with van der Waals surface area (Å²) in [7, 11) is 1.44. The van der Waals surface area contributed by atoms with Gasteiger partial charge in [-0.05, 0) is 54.6 Å². The number of benzene rings is 3. The molecule has 3 rings (SSSR count). The minimum Gasteiger partial charge on any atom is -0.496 e. The van der Waals surface area contributed by atoms with Crippen LogP contribution in [0.25, 0.3) is 0 Å². The molecule has 3 aromatic rings. The quantitative estimate of drug-likeness (QED) is 0.438. The third-order valence-electron chi connectivity index (χ3n) is 4.25. The second-order valence-electron chi connectivity index (χ2n) is 6.41. The highest BCUT2D eigenvalue weighted by Gasteiger charge is 2.15. The summed E-state index contributed by atoms with van der Waals surface area (Å²) in [6.45, 7) is 0. The van der Waals surface area contributed by atoms with Crippen LogP contribution < -0.4 is 20.9 Å². The Bertz CT molecular complexity index is 1200. The third kappa shape index (κ3) is 5.70. The Kier molecular flexibility index (Phi) is 7.58. The first kappa shape index (κ1) is 23.4. The molecule has 0 fully saturated rings. The van der Waals surface area contributed by atoms with Gasteiger partial charge >= 0.3 is 0 Å². The predicted octanol–water partition coefficient (Wildman–Crippen LogP) is 4.98. The molecule has 3 amide bonds. The molecule has 0 radical (unpaired) electrons. The van der Waals surface area contributed by atoms with Gasteiger partial charge in [0.1, 0.15) is 5.75 Å². The van der Waals surface area contributed by atoms with Gasteiger partial charge in [0.05, 0.1) is 23.3 Å². The number of amides is 3. The average molecular weight is 493 g/mol. The van der Waals surface area contributed by atoms with Crippen molar-refractivity contribution in [3.05, 3.63) is 92.4 Å². The molecular formula is C22H16Cl3N3O4. The van der Waals surface area contributed by atoms with Crippen LogP contribution in [0.1, 0.15) is 31.1 Å². The van der Waals surface area contributed by atoms with Crippen molar-refractivity contribution in [2.75, 3.05) is 12.4 Å². The second kappa shape index (κ2) is 10.4. The number of carbonyl (C=O) groups is 3. The predicted molar refractivity (Wildman–Crippen MR) is 124 cm³/mol. The minimum absolute atomic E-state index is 0.144. The maximum atomic E-state index is 12.6. The highest BCUT2D eigenvalue weighted by molar-refractivity contribution is 6.36. The molecule has 0 saturated carbocycles. The molecule has 3 aromatic carbocycles. The van der Waals surface area contributed by atoms with E-state index in [0.717, 1.165) is 0 Å². The van der Waals surface area contributed by atoms with Crippen molar-refractivity contribution >= 4 is 58.2 Å². The number of halogens is 3. The molecule has 3 N–H and O–H groups in total. The molecule has 0 atom stereocenters. The van der Waals surface area contributed by atoms with Gasteiger partial charge in [-0.15, -0.1) is 0 Å². The maximum absolute atomic E-state index is 12.6. The molecular weight excluding hydrogens is 477 g/mol. The fourth-order valence-electron chi connectivity index (χ4n) is 2.72. The van der Waals surface area contributed by atoms with Crippen LogP contribution >= 0.6 is 34.8 Å². The summed E-state index contributed by atoms with van der Waals surface area (Å²) in [5.41, 5.74) is 5.52. The van der Waals surface area contributed by atoms with Crippen LogP contribution in [-0.2, 0) is 0 Å². The highest BCUT2D eigenvalue weighted by atomic mass is 35.5. The summed E-state index contributed by atoms with van der Waals surface area (Å²) in [5.74, 6) is -1.32. The van der Waals surface area contributed by atoms with Crippen molar-refractivity contribution in [2.45, 2.75) is 0 Å². The summed E-state index contributed by atoms with van der Waals surface area (Å²) in [5, 5.41) is 3.58. The number of nitrogens with one attached hydrogen (secondary N) is 3. The lowest BCUT2D eigenvalue weighted by atomic mass is 10.1. The van der Waals surface area contributed by atoms with Crippen LogP contribution in [-0.4, -0.2) is 24.8 Å². The standard InChI is InChI=1S/C22H16Cl3N3O4/c1-32-19-8-6-13(23)10-17(19)21(30)26-15-4-2-3-12(9-15)20(29)27-28-22(31)16-7-5-14(24)11-18(16)25/h2-11H,1H3,(H,26,30)(H,27,29)(H,28,31). The zero-order valence-corrected chi connectivity index (χ0v) is 18.8. The normalized spacial score (nSPS) is 10.2. The monoisotopic (exact) mass is 491 g/mol. The topological polar surface area (TPSA) is 96.5 Å². The minimum atomic E-state index is -0.613. The maximum Gasteiger partial charge on any atom is 0.271 e. The Morgan fingerprint density at radius 3 is 2.16 bits per heavy atom. The van der Waals surface area contributed by atoms with E-state index in [1.165, 1.54) is 43.5 Å². The van der Waals surface area contributed by atoms with Crippen molar-refractivity contribution < 1.29 is 19.1 Å².